The molecule has 0 radical (unpaired) electrons. The molecule has 0 saturated carbocycles. The van der Waals surface area contributed by atoms with Crippen LogP contribution in [0.2, 0.25) is 0 Å². The van der Waals surface area contributed by atoms with Gasteiger partial charge in [0.25, 0.3) is 0 Å². The molecule has 0 spiro atoms. The lowest BCUT2D eigenvalue weighted by Gasteiger charge is -2.14. The normalized spacial score (nSPS) is 11.0. The highest BCUT2D eigenvalue weighted by molar-refractivity contribution is 5.52. The monoisotopic (exact) mass is 296 g/mol. The molecule has 22 heavy (non-hydrogen) atoms. The fraction of sp³-hybridized carbons (Fsp3) is 0.167. The van der Waals surface area contributed by atoms with Gasteiger partial charge in [-0.1, -0.05) is 30.3 Å². The molecular formula is C18H17FN2O. The maximum absolute atomic E-state index is 12.9. The first-order valence-corrected chi connectivity index (χ1v) is 7.13. The molecule has 2 aromatic carbocycles. The Morgan fingerprint density at radius 2 is 1.73 bits per heavy atom. The van der Waals surface area contributed by atoms with Crippen LogP contribution in [-0.4, -0.2) is 16.9 Å². The highest BCUT2D eigenvalue weighted by Gasteiger charge is 2.09. The van der Waals surface area contributed by atoms with Crippen molar-refractivity contribution >= 4 is 0 Å². The van der Waals surface area contributed by atoms with E-state index in [4.69, 9.17) is 4.42 Å². The molecule has 4 heteroatoms. The molecule has 0 aliphatic rings. The highest BCUT2D eigenvalue weighted by Crippen LogP contribution is 2.19. The number of hydrogen-bond acceptors (Lipinski definition) is 3. The smallest absolute Gasteiger partial charge is 0.226 e. The molecule has 1 aromatic heterocycles. The zero-order valence-corrected chi connectivity index (χ0v) is 12.4. The summed E-state index contributed by atoms with van der Waals surface area (Å²) in [6.45, 7) is 1.54. The zero-order valence-electron chi connectivity index (χ0n) is 12.4. The van der Waals surface area contributed by atoms with Gasteiger partial charge in [-0.3, -0.25) is 4.90 Å². The summed E-state index contributed by atoms with van der Waals surface area (Å²) in [5, 5.41) is 0. The molecule has 0 unspecified atom stereocenters. The molecule has 3 aromatic rings. The van der Waals surface area contributed by atoms with Crippen LogP contribution in [-0.2, 0) is 13.1 Å². The van der Waals surface area contributed by atoms with Crippen molar-refractivity contribution in [3.63, 3.8) is 0 Å². The zero-order chi connectivity index (χ0) is 15.4. The Bertz CT molecular complexity index is 722. The molecule has 0 saturated heterocycles. The highest BCUT2D eigenvalue weighted by atomic mass is 19.1. The second-order valence-electron chi connectivity index (χ2n) is 5.31. The summed E-state index contributed by atoms with van der Waals surface area (Å²) < 4.78 is 18.4. The summed E-state index contributed by atoms with van der Waals surface area (Å²) in [6.07, 6.45) is 1.65. The SMILES string of the molecule is CN(Cc1ccccc1)Cc1coc(-c2ccc(F)cc2)n1. The van der Waals surface area contributed by atoms with E-state index < -0.39 is 0 Å². The quantitative estimate of drug-likeness (QED) is 0.709. The van der Waals surface area contributed by atoms with Crippen molar-refractivity contribution in [3.8, 4) is 11.5 Å². The van der Waals surface area contributed by atoms with Gasteiger partial charge in [0.05, 0.1) is 5.69 Å². The second kappa shape index (κ2) is 6.54. The van der Waals surface area contributed by atoms with Gasteiger partial charge >= 0.3 is 0 Å². The molecule has 1 heterocycles. The van der Waals surface area contributed by atoms with Crippen LogP contribution in [0.3, 0.4) is 0 Å². The molecule has 0 aliphatic heterocycles. The van der Waals surface area contributed by atoms with Crippen LogP contribution in [0, 0.1) is 5.82 Å². The lowest BCUT2D eigenvalue weighted by molar-refractivity contribution is 0.315. The average molecular weight is 296 g/mol. The van der Waals surface area contributed by atoms with E-state index in [1.807, 2.05) is 25.2 Å². The molecule has 0 N–H and O–H groups in total. The number of nitrogens with zero attached hydrogens (tertiary/aromatic N) is 2. The number of halogens is 1. The molecule has 0 atom stereocenters. The van der Waals surface area contributed by atoms with Gasteiger partial charge in [-0.15, -0.1) is 0 Å². The van der Waals surface area contributed by atoms with Crippen LogP contribution >= 0.6 is 0 Å². The van der Waals surface area contributed by atoms with Crippen molar-refractivity contribution in [2.75, 3.05) is 7.05 Å². The van der Waals surface area contributed by atoms with Crippen molar-refractivity contribution in [1.82, 2.24) is 9.88 Å². The number of aromatic nitrogens is 1. The van der Waals surface area contributed by atoms with Crippen LogP contribution in [0.4, 0.5) is 4.39 Å². The van der Waals surface area contributed by atoms with E-state index in [2.05, 4.69) is 22.0 Å². The lowest BCUT2D eigenvalue weighted by atomic mass is 10.2. The number of oxazole rings is 1. The van der Waals surface area contributed by atoms with Gasteiger partial charge in [-0.2, -0.15) is 0 Å². The van der Waals surface area contributed by atoms with Crippen LogP contribution in [0.25, 0.3) is 11.5 Å². The lowest BCUT2D eigenvalue weighted by Crippen LogP contribution is -2.17. The van der Waals surface area contributed by atoms with Crippen molar-refractivity contribution in [3.05, 3.63) is 77.9 Å². The summed E-state index contributed by atoms with van der Waals surface area (Å²) in [5.74, 6) is 0.251. The molecule has 0 bridgehead atoms. The number of rotatable bonds is 5. The molecule has 3 rings (SSSR count). The van der Waals surface area contributed by atoms with Gasteiger partial charge in [0, 0.05) is 18.7 Å². The Morgan fingerprint density at radius 3 is 2.45 bits per heavy atom. The first kappa shape index (κ1) is 14.5. The summed E-state index contributed by atoms with van der Waals surface area (Å²) in [4.78, 5) is 6.63. The predicted molar refractivity (Wildman–Crippen MR) is 83.5 cm³/mol. The van der Waals surface area contributed by atoms with E-state index in [0.29, 0.717) is 12.4 Å². The second-order valence-corrected chi connectivity index (χ2v) is 5.31. The van der Waals surface area contributed by atoms with Gasteiger partial charge in [0.1, 0.15) is 12.1 Å². The maximum Gasteiger partial charge on any atom is 0.226 e. The van der Waals surface area contributed by atoms with Gasteiger partial charge in [0.2, 0.25) is 5.89 Å². The van der Waals surface area contributed by atoms with Crippen molar-refractivity contribution in [1.29, 1.82) is 0 Å². The maximum atomic E-state index is 12.9. The van der Waals surface area contributed by atoms with E-state index in [1.54, 1.807) is 18.4 Å². The summed E-state index contributed by atoms with van der Waals surface area (Å²) >= 11 is 0. The van der Waals surface area contributed by atoms with Gasteiger partial charge in [-0.25, -0.2) is 9.37 Å². The third-order valence-corrected chi connectivity index (χ3v) is 3.37. The van der Waals surface area contributed by atoms with Gasteiger partial charge in [0.15, 0.2) is 0 Å². The minimum absolute atomic E-state index is 0.266. The van der Waals surface area contributed by atoms with Gasteiger partial charge < -0.3 is 4.42 Å². The van der Waals surface area contributed by atoms with E-state index >= 15 is 0 Å². The van der Waals surface area contributed by atoms with E-state index in [-0.39, 0.29) is 5.82 Å². The molecule has 0 amide bonds. The molecule has 3 nitrogen and oxygen atoms in total. The molecular weight excluding hydrogens is 279 g/mol. The van der Waals surface area contributed by atoms with Crippen LogP contribution in [0.5, 0.6) is 0 Å². The molecule has 0 aliphatic carbocycles. The van der Waals surface area contributed by atoms with Crippen molar-refractivity contribution < 1.29 is 8.81 Å². The number of hydrogen-bond donors (Lipinski definition) is 0. The fourth-order valence-corrected chi connectivity index (χ4v) is 2.33. The standard InChI is InChI=1S/C18H17FN2O/c1-21(11-14-5-3-2-4-6-14)12-17-13-22-18(20-17)15-7-9-16(19)10-8-15/h2-10,13H,11-12H2,1H3. The van der Waals surface area contributed by atoms with E-state index in [0.717, 1.165) is 17.8 Å². The largest absolute Gasteiger partial charge is 0.444 e. The first-order valence-electron chi connectivity index (χ1n) is 7.13. The molecule has 0 fully saturated rings. The Kier molecular flexibility index (Phi) is 4.30. The van der Waals surface area contributed by atoms with E-state index in [9.17, 15) is 4.39 Å². The summed E-state index contributed by atoms with van der Waals surface area (Å²) in [5.41, 5.74) is 2.89. The number of benzene rings is 2. The topological polar surface area (TPSA) is 29.3 Å². The Morgan fingerprint density at radius 1 is 1.00 bits per heavy atom. The van der Waals surface area contributed by atoms with Gasteiger partial charge in [-0.05, 0) is 36.9 Å². The van der Waals surface area contributed by atoms with Crippen LogP contribution < -0.4 is 0 Å². The Labute approximate surface area is 129 Å². The summed E-state index contributed by atoms with van der Waals surface area (Å²) in [6, 6.07) is 16.4. The Balaban J connectivity index is 1.65. The minimum Gasteiger partial charge on any atom is -0.444 e. The third kappa shape index (κ3) is 3.59. The summed E-state index contributed by atoms with van der Waals surface area (Å²) in [7, 11) is 2.04. The van der Waals surface area contributed by atoms with Crippen molar-refractivity contribution in [2.24, 2.45) is 0 Å². The van der Waals surface area contributed by atoms with E-state index in [1.165, 1.54) is 17.7 Å². The van der Waals surface area contributed by atoms with Crippen LogP contribution in [0.15, 0.2) is 65.3 Å². The first-order chi connectivity index (χ1) is 10.7. The molecule has 112 valence electrons. The average Bonchev–Trinajstić information content (AvgIpc) is 2.97. The minimum atomic E-state index is -0.266. The fourth-order valence-electron chi connectivity index (χ4n) is 2.33. The van der Waals surface area contributed by atoms with Crippen LogP contribution in [0.1, 0.15) is 11.3 Å². The third-order valence-electron chi connectivity index (χ3n) is 3.37. The predicted octanol–water partition coefficient (Wildman–Crippen LogP) is 4.11. The van der Waals surface area contributed by atoms with Crippen molar-refractivity contribution in [2.45, 2.75) is 13.1 Å². The Hall–Kier alpha value is -2.46.